The molecule has 0 aliphatic carbocycles. The molecular weight excluding hydrogens is 280 g/mol. The molecule has 2 atom stereocenters. The normalized spacial score (nSPS) is 24.6. The van der Waals surface area contributed by atoms with Crippen molar-refractivity contribution >= 4 is 15.8 Å². The number of hydrogen-bond acceptors (Lipinski definition) is 6. The van der Waals surface area contributed by atoms with E-state index in [1.54, 1.807) is 14.0 Å². The zero-order chi connectivity index (χ0) is 15.4. The summed E-state index contributed by atoms with van der Waals surface area (Å²) >= 11 is 0. The van der Waals surface area contributed by atoms with Crippen LogP contribution >= 0.6 is 0 Å². The molecule has 0 bridgehead atoms. The van der Waals surface area contributed by atoms with Gasteiger partial charge in [0.25, 0.3) is 0 Å². The summed E-state index contributed by atoms with van der Waals surface area (Å²) < 4.78 is 28.0. The Morgan fingerprint density at radius 2 is 2.15 bits per heavy atom. The smallest absolute Gasteiger partial charge is 0.326 e. The Balaban J connectivity index is 2.54. The van der Waals surface area contributed by atoms with E-state index in [2.05, 4.69) is 5.32 Å². The zero-order valence-corrected chi connectivity index (χ0v) is 13.6. The first kappa shape index (κ1) is 17.4. The average molecular weight is 306 g/mol. The molecule has 0 aromatic heterocycles. The first-order valence-corrected chi connectivity index (χ1v) is 8.83. The van der Waals surface area contributed by atoms with Crippen molar-refractivity contribution in [2.24, 2.45) is 0 Å². The zero-order valence-electron chi connectivity index (χ0n) is 12.8. The number of carbonyl (C=O) groups is 1. The number of ether oxygens (including phenoxy) is 1. The number of rotatable bonds is 7. The number of likely N-dealkylation sites (N-methyl/N-ethyl adjacent to an activating group) is 1. The molecule has 0 saturated carbocycles. The standard InChI is InChI=1S/C13H26N2O4S/c1-5-19-12(16)13(2,14-3)7-8-15(4)11-6-9-20(17,18)10-11/h11,14H,5-10H2,1-4H3. The topological polar surface area (TPSA) is 75.7 Å². The van der Waals surface area contributed by atoms with Gasteiger partial charge in [0.05, 0.1) is 18.1 Å². The van der Waals surface area contributed by atoms with Gasteiger partial charge in [-0.05, 0) is 40.8 Å². The third-order valence-corrected chi connectivity index (χ3v) is 5.82. The Hall–Kier alpha value is -0.660. The van der Waals surface area contributed by atoms with Gasteiger partial charge >= 0.3 is 5.97 Å². The van der Waals surface area contributed by atoms with Gasteiger partial charge in [-0.2, -0.15) is 0 Å². The van der Waals surface area contributed by atoms with Crippen molar-refractivity contribution in [3.63, 3.8) is 0 Å². The van der Waals surface area contributed by atoms with Gasteiger partial charge in [0.2, 0.25) is 0 Å². The van der Waals surface area contributed by atoms with Crippen LogP contribution < -0.4 is 5.32 Å². The lowest BCUT2D eigenvalue weighted by Gasteiger charge is -2.30. The molecule has 0 amide bonds. The summed E-state index contributed by atoms with van der Waals surface area (Å²) in [7, 11) is 0.769. The van der Waals surface area contributed by atoms with Crippen LogP contribution in [0.25, 0.3) is 0 Å². The lowest BCUT2D eigenvalue weighted by molar-refractivity contribution is -0.150. The lowest BCUT2D eigenvalue weighted by Crippen LogP contribution is -2.51. The summed E-state index contributed by atoms with van der Waals surface area (Å²) in [5.74, 6) is 0.220. The van der Waals surface area contributed by atoms with Crippen molar-refractivity contribution < 1.29 is 17.9 Å². The number of nitrogens with one attached hydrogen (secondary N) is 1. The van der Waals surface area contributed by atoms with E-state index in [1.165, 1.54) is 0 Å². The number of nitrogens with zero attached hydrogens (tertiary/aromatic N) is 1. The van der Waals surface area contributed by atoms with Crippen LogP contribution in [0.3, 0.4) is 0 Å². The Labute approximate surface area is 121 Å². The minimum absolute atomic E-state index is 0.0586. The van der Waals surface area contributed by atoms with Crippen LogP contribution in [-0.2, 0) is 19.4 Å². The molecule has 0 aromatic rings. The van der Waals surface area contributed by atoms with Gasteiger partial charge in [0.1, 0.15) is 5.54 Å². The number of sulfone groups is 1. The van der Waals surface area contributed by atoms with Gasteiger partial charge in [0.15, 0.2) is 9.84 Å². The third kappa shape index (κ3) is 4.43. The van der Waals surface area contributed by atoms with E-state index in [0.29, 0.717) is 26.0 Å². The van der Waals surface area contributed by atoms with E-state index >= 15 is 0 Å². The molecule has 0 spiro atoms. The Morgan fingerprint density at radius 1 is 1.50 bits per heavy atom. The predicted octanol–water partition coefficient (Wildman–Crippen LogP) is 0.0366. The Morgan fingerprint density at radius 3 is 2.60 bits per heavy atom. The molecule has 1 aliphatic rings. The van der Waals surface area contributed by atoms with Crippen molar-refractivity contribution in [3.8, 4) is 0 Å². The summed E-state index contributed by atoms with van der Waals surface area (Å²) in [4.78, 5) is 14.0. The summed E-state index contributed by atoms with van der Waals surface area (Å²) in [6, 6.07) is 0.0586. The molecule has 2 unspecified atom stereocenters. The van der Waals surface area contributed by atoms with E-state index in [0.717, 1.165) is 0 Å². The van der Waals surface area contributed by atoms with Crippen LogP contribution in [0.15, 0.2) is 0 Å². The Kier molecular flexibility index (Phi) is 5.97. The summed E-state index contributed by atoms with van der Waals surface area (Å²) in [5.41, 5.74) is -0.734. The molecule has 1 aliphatic heterocycles. The van der Waals surface area contributed by atoms with Crippen LogP contribution in [0, 0.1) is 0 Å². The van der Waals surface area contributed by atoms with Crippen LogP contribution in [0.5, 0.6) is 0 Å². The fourth-order valence-electron chi connectivity index (χ4n) is 2.33. The van der Waals surface area contributed by atoms with Crippen LogP contribution in [0.2, 0.25) is 0 Å². The van der Waals surface area contributed by atoms with Crippen molar-refractivity contribution in [1.29, 1.82) is 0 Å². The fourth-order valence-corrected chi connectivity index (χ4v) is 4.13. The SMILES string of the molecule is CCOC(=O)C(C)(CCN(C)C1CCS(=O)(=O)C1)NC. The maximum atomic E-state index is 11.9. The van der Waals surface area contributed by atoms with E-state index in [-0.39, 0.29) is 23.5 Å². The second kappa shape index (κ2) is 6.87. The first-order chi connectivity index (χ1) is 9.24. The van der Waals surface area contributed by atoms with Crippen molar-refractivity contribution in [2.75, 3.05) is 38.8 Å². The fraction of sp³-hybridized carbons (Fsp3) is 0.923. The lowest BCUT2D eigenvalue weighted by atomic mass is 9.97. The van der Waals surface area contributed by atoms with Gasteiger partial charge < -0.3 is 15.0 Å². The van der Waals surface area contributed by atoms with E-state index in [4.69, 9.17) is 4.74 Å². The number of hydrogen-bond donors (Lipinski definition) is 1. The maximum absolute atomic E-state index is 11.9. The van der Waals surface area contributed by atoms with Gasteiger partial charge in [0, 0.05) is 12.6 Å². The van der Waals surface area contributed by atoms with Gasteiger partial charge in [-0.3, -0.25) is 4.79 Å². The average Bonchev–Trinajstić information content (AvgIpc) is 2.76. The predicted molar refractivity (Wildman–Crippen MR) is 78.4 cm³/mol. The number of carbonyl (C=O) groups excluding carboxylic acids is 1. The van der Waals surface area contributed by atoms with Crippen molar-refractivity contribution in [3.05, 3.63) is 0 Å². The van der Waals surface area contributed by atoms with E-state index in [9.17, 15) is 13.2 Å². The first-order valence-electron chi connectivity index (χ1n) is 7.01. The van der Waals surface area contributed by atoms with E-state index in [1.807, 2.05) is 18.9 Å². The molecule has 6 nitrogen and oxygen atoms in total. The van der Waals surface area contributed by atoms with Gasteiger partial charge in [-0.1, -0.05) is 0 Å². The summed E-state index contributed by atoms with van der Waals surface area (Å²) in [5, 5.41) is 3.01. The molecular formula is C13H26N2O4S. The minimum atomic E-state index is -2.87. The molecule has 1 saturated heterocycles. The highest BCUT2D eigenvalue weighted by atomic mass is 32.2. The second-order valence-corrected chi connectivity index (χ2v) is 7.82. The highest BCUT2D eigenvalue weighted by Gasteiger charge is 2.35. The quantitative estimate of drug-likeness (QED) is 0.669. The van der Waals surface area contributed by atoms with E-state index < -0.39 is 15.4 Å². The molecule has 0 aromatic carbocycles. The van der Waals surface area contributed by atoms with Crippen LogP contribution in [-0.4, -0.2) is 69.6 Å². The largest absolute Gasteiger partial charge is 0.465 e. The molecule has 1 heterocycles. The molecule has 1 rings (SSSR count). The highest BCUT2D eigenvalue weighted by Crippen LogP contribution is 2.19. The molecule has 1 fully saturated rings. The van der Waals surface area contributed by atoms with Crippen LogP contribution in [0.1, 0.15) is 26.7 Å². The maximum Gasteiger partial charge on any atom is 0.326 e. The second-order valence-electron chi connectivity index (χ2n) is 5.59. The van der Waals surface area contributed by atoms with Crippen molar-refractivity contribution in [2.45, 2.75) is 38.3 Å². The number of esters is 1. The molecule has 118 valence electrons. The molecule has 7 heteroatoms. The van der Waals surface area contributed by atoms with Crippen molar-refractivity contribution in [1.82, 2.24) is 10.2 Å². The molecule has 20 heavy (non-hydrogen) atoms. The summed E-state index contributed by atoms with van der Waals surface area (Å²) in [6.07, 6.45) is 1.25. The monoisotopic (exact) mass is 306 g/mol. The third-order valence-electron chi connectivity index (χ3n) is 4.07. The van der Waals surface area contributed by atoms with Gasteiger partial charge in [-0.15, -0.1) is 0 Å². The minimum Gasteiger partial charge on any atom is -0.465 e. The van der Waals surface area contributed by atoms with Crippen LogP contribution in [0.4, 0.5) is 0 Å². The Bertz CT molecular complexity index is 438. The molecule has 0 radical (unpaired) electrons. The summed E-state index contributed by atoms with van der Waals surface area (Å²) in [6.45, 7) is 4.59. The van der Waals surface area contributed by atoms with Gasteiger partial charge in [-0.25, -0.2) is 8.42 Å². The highest BCUT2D eigenvalue weighted by molar-refractivity contribution is 7.91. The molecule has 1 N–H and O–H groups in total.